The molecule has 1 atom stereocenters. The van der Waals surface area contributed by atoms with Crippen molar-refractivity contribution in [2.75, 3.05) is 0 Å². The lowest BCUT2D eigenvalue weighted by molar-refractivity contribution is 1.30. The maximum atomic E-state index is 3.56. The molecule has 0 saturated heterocycles. The van der Waals surface area contributed by atoms with Crippen LogP contribution in [0.2, 0.25) is 0 Å². The summed E-state index contributed by atoms with van der Waals surface area (Å²) in [6.45, 7) is 0. The van der Waals surface area contributed by atoms with Gasteiger partial charge < -0.3 is 0 Å². The molecule has 0 radical (unpaired) electrons. The van der Waals surface area contributed by atoms with Crippen LogP contribution in [0, 0.1) is 0 Å². The molecular weight excluding hydrogens is 292 g/mol. The first-order valence-electron chi connectivity index (χ1n) is 5.60. The van der Waals surface area contributed by atoms with E-state index in [2.05, 4.69) is 64.5 Å². The Morgan fingerprint density at radius 2 is 1.94 bits per heavy atom. The number of fused-ring (bicyclic) bond motifs is 5. The summed E-state index contributed by atoms with van der Waals surface area (Å²) in [5, 5.41) is 0.510. The maximum Gasteiger partial charge on any atom is 0.0606 e. The Bertz CT molecular complexity index is 658. The quantitative estimate of drug-likeness (QED) is 0.648. The van der Waals surface area contributed by atoms with E-state index in [1.165, 1.54) is 27.2 Å². The smallest absolute Gasteiger partial charge is 0.0606 e. The SMILES string of the molecule is Brc1ccc2c(c1)C1=Cc3ccccc3C1S2. The molecule has 1 unspecified atom stereocenters. The van der Waals surface area contributed by atoms with Crippen molar-refractivity contribution < 1.29 is 0 Å². The Hall–Kier alpha value is -0.990. The van der Waals surface area contributed by atoms with Gasteiger partial charge in [-0.3, -0.25) is 0 Å². The highest BCUT2D eigenvalue weighted by Gasteiger charge is 2.33. The third-order valence-corrected chi connectivity index (χ3v) is 5.22. The fraction of sp³-hybridized carbons (Fsp3) is 0.0667. The van der Waals surface area contributed by atoms with Gasteiger partial charge in [0.05, 0.1) is 5.25 Å². The minimum absolute atomic E-state index is 0.510. The lowest BCUT2D eigenvalue weighted by Gasteiger charge is -2.06. The van der Waals surface area contributed by atoms with E-state index < -0.39 is 0 Å². The summed E-state index contributed by atoms with van der Waals surface area (Å²) >= 11 is 5.53. The standard InChI is InChI=1S/C15H9BrS/c16-10-5-6-14-12(8-10)13-7-9-3-1-2-4-11(9)15(13)17-14/h1-8,15H. The number of hydrogen-bond donors (Lipinski definition) is 0. The van der Waals surface area contributed by atoms with Gasteiger partial charge in [-0.2, -0.15) is 0 Å². The summed E-state index contributed by atoms with van der Waals surface area (Å²) in [5.74, 6) is 0. The fourth-order valence-electron chi connectivity index (χ4n) is 2.60. The molecule has 1 heterocycles. The van der Waals surface area contributed by atoms with Gasteiger partial charge in [0.2, 0.25) is 0 Å². The average Bonchev–Trinajstić information content (AvgIpc) is 2.85. The summed E-state index contributed by atoms with van der Waals surface area (Å²) in [5.41, 5.74) is 5.70. The molecule has 4 rings (SSSR count). The van der Waals surface area contributed by atoms with Crippen LogP contribution in [0.3, 0.4) is 0 Å². The molecule has 17 heavy (non-hydrogen) atoms. The van der Waals surface area contributed by atoms with Crippen LogP contribution in [-0.2, 0) is 0 Å². The molecule has 1 aliphatic heterocycles. The largest absolute Gasteiger partial charge is 0.112 e. The zero-order valence-corrected chi connectivity index (χ0v) is 11.4. The van der Waals surface area contributed by atoms with E-state index in [1.54, 1.807) is 0 Å². The van der Waals surface area contributed by atoms with Gasteiger partial charge in [0.25, 0.3) is 0 Å². The third-order valence-electron chi connectivity index (χ3n) is 3.37. The zero-order valence-electron chi connectivity index (χ0n) is 8.98. The van der Waals surface area contributed by atoms with E-state index in [9.17, 15) is 0 Å². The van der Waals surface area contributed by atoms with Crippen LogP contribution in [0.4, 0.5) is 0 Å². The van der Waals surface area contributed by atoms with E-state index in [1.807, 2.05) is 11.8 Å². The summed E-state index contributed by atoms with van der Waals surface area (Å²) in [6, 6.07) is 15.3. The van der Waals surface area contributed by atoms with Gasteiger partial charge in [-0.25, -0.2) is 0 Å². The minimum Gasteiger partial charge on any atom is -0.112 e. The van der Waals surface area contributed by atoms with Crippen molar-refractivity contribution in [3.05, 3.63) is 63.6 Å². The first-order valence-corrected chi connectivity index (χ1v) is 7.27. The van der Waals surface area contributed by atoms with Gasteiger partial charge in [-0.15, -0.1) is 11.8 Å². The second-order valence-corrected chi connectivity index (χ2v) is 6.43. The van der Waals surface area contributed by atoms with Crippen molar-refractivity contribution in [3.8, 4) is 0 Å². The number of benzene rings is 2. The molecule has 0 bridgehead atoms. The molecule has 2 aliphatic rings. The number of hydrogen-bond acceptors (Lipinski definition) is 1. The maximum absolute atomic E-state index is 3.56. The van der Waals surface area contributed by atoms with Crippen molar-refractivity contribution >= 4 is 39.3 Å². The first kappa shape index (κ1) is 9.98. The minimum atomic E-state index is 0.510. The Kier molecular flexibility index (Phi) is 2.06. The molecule has 0 amide bonds. The Balaban J connectivity index is 1.94. The van der Waals surface area contributed by atoms with Gasteiger partial charge in [-0.1, -0.05) is 40.2 Å². The Labute approximate surface area is 113 Å². The van der Waals surface area contributed by atoms with E-state index in [0.717, 1.165) is 4.47 Å². The van der Waals surface area contributed by atoms with Crippen molar-refractivity contribution in [2.24, 2.45) is 0 Å². The van der Waals surface area contributed by atoms with Crippen LogP contribution < -0.4 is 0 Å². The van der Waals surface area contributed by atoms with Gasteiger partial charge in [0.15, 0.2) is 0 Å². The van der Waals surface area contributed by atoms with E-state index in [-0.39, 0.29) is 0 Å². The molecule has 0 nitrogen and oxygen atoms in total. The monoisotopic (exact) mass is 300 g/mol. The molecular formula is C15H9BrS. The van der Waals surface area contributed by atoms with Crippen molar-refractivity contribution in [1.82, 2.24) is 0 Å². The summed E-state index contributed by atoms with van der Waals surface area (Å²) in [4.78, 5) is 1.40. The molecule has 82 valence electrons. The second kappa shape index (κ2) is 3.50. The molecule has 0 fully saturated rings. The number of rotatable bonds is 0. The van der Waals surface area contributed by atoms with Crippen molar-refractivity contribution in [3.63, 3.8) is 0 Å². The average molecular weight is 301 g/mol. The van der Waals surface area contributed by atoms with Crippen molar-refractivity contribution in [2.45, 2.75) is 10.1 Å². The lowest BCUT2D eigenvalue weighted by atomic mass is 10.0. The summed E-state index contributed by atoms with van der Waals surface area (Å²) < 4.78 is 1.16. The Morgan fingerprint density at radius 3 is 2.88 bits per heavy atom. The molecule has 0 saturated carbocycles. The van der Waals surface area contributed by atoms with E-state index in [4.69, 9.17) is 0 Å². The fourth-order valence-corrected chi connectivity index (χ4v) is 4.32. The number of thioether (sulfide) groups is 1. The van der Waals surface area contributed by atoms with Gasteiger partial charge in [-0.05, 0) is 46.5 Å². The van der Waals surface area contributed by atoms with Crippen LogP contribution in [-0.4, -0.2) is 0 Å². The van der Waals surface area contributed by atoms with Crippen LogP contribution >= 0.6 is 27.7 Å². The zero-order chi connectivity index (χ0) is 11.4. The van der Waals surface area contributed by atoms with Crippen LogP contribution in [0.1, 0.15) is 21.9 Å². The topological polar surface area (TPSA) is 0 Å². The molecule has 2 aromatic rings. The van der Waals surface area contributed by atoms with Crippen LogP contribution in [0.5, 0.6) is 0 Å². The van der Waals surface area contributed by atoms with Crippen molar-refractivity contribution in [1.29, 1.82) is 0 Å². The first-order chi connectivity index (χ1) is 8.33. The molecule has 2 heteroatoms. The summed E-state index contributed by atoms with van der Waals surface area (Å²) in [7, 11) is 0. The van der Waals surface area contributed by atoms with Crippen LogP contribution in [0.25, 0.3) is 11.6 Å². The predicted molar refractivity (Wildman–Crippen MR) is 77.1 cm³/mol. The van der Waals surface area contributed by atoms with Gasteiger partial charge in [0.1, 0.15) is 0 Å². The predicted octanol–water partition coefficient (Wildman–Crippen LogP) is 5.15. The number of halogens is 1. The van der Waals surface area contributed by atoms with E-state index in [0.29, 0.717) is 5.25 Å². The molecule has 0 N–H and O–H groups in total. The highest BCUT2D eigenvalue weighted by atomic mass is 79.9. The van der Waals surface area contributed by atoms with Gasteiger partial charge >= 0.3 is 0 Å². The third kappa shape index (κ3) is 1.37. The van der Waals surface area contributed by atoms with Crippen LogP contribution in [0.15, 0.2) is 51.8 Å². The second-order valence-electron chi connectivity index (χ2n) is 4.37. The molecule has 0 aromatic heterocycles. The molecule has 2 aromatic carbocycles. The Morgan fingerprint density at radius 1 is 1.06 bits per heavy atom. The lowest BCUT2D eigenvalue weighted by Crippen LogP contribution is -1.86. The normalized spacial score (nSPS) is 19.6. The highest BCUT2D eigenvalue weighted by molar-refractivity contribution is 9.10. The van der Waals surface area contributed by atoms with Gasteiger partial charge in [0, 0.05) is 9.37 Å². The molecule has 0 spiro atoms. The highest BCUT2D eigenvalue weighted by Crippen LogP contribution is 2.58. The molecule has 1 aliphatic carbocycles. The summed E-state index contributed by atoms with van der Waals surface area (Å²) in [6.07, 6.45) is 2.34. The van der Waals surface area contributed by atoms with E-state index >= 15 is 0 Å².